The van der Waals surface area contributed by atoms with E-state index in [0.717, 1.165) is 5.56 Å². The Labute approximate surface area is 147 Å². The van der Waals surface area contributed by atoms with Gasteiger partial charge in [-0.3, -0.25) is 14.9 Å². The van der Waals surface area contributed by atoms with Crippen LogP contribution in [0, 0.1) is 10.1 Å². The first-order valence-corrected chi connectivity index (χ1v) is 7.97. The molecule has 0 spiro atoms. The van der Waals surface area contributed by atoms with Crippen molar-refractivity contribution in [3.63, 3.8) is 0 Å². The van der Waals surface area contributed by atoms with Crippen LogP contribution in [0.2, 0.25) is 0 Å². The van der Waals surface area contributed by atoms with Gasteiger partial charge in [0, 0.05) is 17.7 Å². The maximum absolute atomic E-state index is 12.4. The largest absolute Gasteiger partial charge is 0.306 e. The summed E-state index contributed by atoms with van der Waals surface area (Å²) in [4.78, 5) is 30.4. The number of aromatic amines is 1. The number of para-hydroxylation sites is 1. The molecular formula is C20H13N3O3. The highest BCUT2D eigenvalue weighted by molar-refractivity contribution is 5.84. The van der Waals surface area contributed by atoms with Gasteiger partial charge in [-0.1, -0.05) is 48.5 Å². The molecule has 0 bridgehead atoms. The summed E-state index contributed by atoms with van der Waals surface area (Å²) in [5.41, 5.74) is 2.54. The van der Waals surface area contributed by atoms with Crippen molar-refractivity contribution in [2.75, 3.05) is 0 Å². The fraction of sp³-hybridized carbons (Fsp3) is 0. The number of nitro groups is 1. The molecule has 0 amide bonds. The van der Waals surface area contributed by atoms with Crippen LogP contribution in [0.5, 0.6) is 0 Å². The normalized spacial score (nSPS) is 10.8. The number of rotatable bonds is 3. The number of hydrogen-bond donors (Lipinski definition) is 1. The molecule has 4 aromatic rings. The molecule has 1 heterocycles. The maximum Gasteiger partial charge on any atom is 0.270 e. The third-order valence-corrected chi connectivity index (χ3v) is 4.16. The van der Waals surface area contributed by atoms with Gasteiger partial charge in [-0.05, 0) is 23.3 Å². The van der Waals surface area contributed by atoms with Crippen molar-refractivity contribution in [1.82, 2.24) is 9.97 Å². The summed E-state index contributed by atoms with van der Waals surface area (Å²) in [6.07, 6.45) is 0. The van der Waals surface area contributed by atoms with Gasteiger partial charge in [0.2, 0.25) is 0 Å². The first-order chi connectivity index (χ1) is 12.6. The molecule has 0 aliphatic heterocycles. The predicted molar refractivity (Wildman–Crippen MR) is 99.9 cm³/mol. The van der Waals surface area contributed by atoms with E-state index >= 15 is 0 Å². The van der Waals surface area contributed by atoms with Gasteiger partial charge in [0.05, 0.1) is 15.8 Å². The Hall–Kier alpha value is -3.80. The van der Waals surface area contributed by atoms with E-state index in [4.69, 9.17) is 0 Å². The van der Waals surface area contributed by atoms with Crippen molar-refractivity contribution in [3.05, 3.63) is 93.3 Å². The average Bonchev–Trinajstić information content (AvgIpc) is 2.68. The topological polar surface area (TPSA) is 88.9 Å². The van der Waals surface area contributed by atoms with Gasteiger partial charge >= 0.3 is 0 Å². The zero-order valence-corrected chi connectivity index (χ0v) is 13.5. The van der Waals surface area contributed by atoms with Crippen molar-refractivity contribution in [3.8, 4) is 22.5 Å². The van der Waals surface area contributed by atoms with E-state index in [9.17, 15) is 14.9 Å². The van der Waals surface area contributed by atoms with Crippen LogP contribution in [0.1, 0.15) is 0 Å². The molecule has 0 aliphatic carbocycles. The van der Waals surface area contributed by atoms with Crippen molar-refractivity contribution < 1.29 is 4.92 Å². The molecule has 4 rings (SSSR count). The van der Waals surface area contributed by atoms with Crippen LogP contribution < -0.4 is 5.56 Å². The lowest BCUT2D eigenvalue weighted by atomic mass is 9.98. The van der Waals surface area contributed by atoms with E-state index in [0.29, 0.717) is 27.9 Å². The first kappa shape index (κ1) is 15.7. The summed E-state index contributed by atoms with van der Waals surface area (Å²) in [6.45, 7) is 0. The smallest absolute Gasteiger partial charge is 0.270 e. The molecule has 0 fully saturated rings. The Kier molecular flexibility index (Phi) is 3.78. The zero-order chi connectivity index (χ0) is 18.1. The molecule has 26 heavy (non-hydrogen) atoms. The number of aromatic nitrogens is 2. The molecule has 1 aromatic heterocycles. The third-order valence-electron chi connectivity index (χ3n) is 4.16. The number of hydrogen-bond acceptors (Lipinski definition) is 4. The van der Waals surface area contributed by atoms with Crippen molar-refractivity contribution >= 4 is 16.6 Å². The zero-order valence-electron chi connectivity index (χ0n) is 13.5. The van der Waals surface area contributed by atoms with E-state index in [-0.39, 0.29) is 11.2 Å². The number of nitrogens with one attached hydrogen (secondary N) is 1. The van der Waals surface area contributed by atoms with Gasteiger partial charge in [0.25, 0.3) is 11.2 Å². The van der Waals surface area contributed by atoms with Crippen LogP contribution in [0.25, 0.3) is 33.4 Å². The van der Waals surface area contributed by atoms with Crippen LogP contribution in [0.4, 0.5) is 5.69 Å². The molecule has 6 heteroatoms. The van der Waals surface area contributed by atoms with E-state index in [1.54, 1.807) is 30.3 Å². The van der Waals surface area contributed by atoms with Crippen molar-refractivity contribution in [1.29, 1.82) is 0 Å². The molecule has 3 aromatic carbocycles. The number of benzene rings is 3. The minimum Gasteiger partial charge on any atom is -0.306 e. The fourth-order valence-corrected chi connectivity index (χ4v) is 2.94. The quantitative estimate of drug-likeness (QED) is 0.447. The van der Waals surface area contributed by atoms with Crippen LogP contribution in [-0.2, 0) is 0 Å². The van der Waals surface area contributed by atoms with E-state index in [2.05, 4.69) is 9.97 Å². The molecule has 0 aliphatic rings. The molecule has 6 nitrogen and oxygen atoms in total. The van der Waals surface area contributed by atoms with Gasteiger partial charge in [-0.2, -0.15) is 0 Å². The lowest BCUT2D eigenvalue weighted by Crippen LogP contribution is -2.09. The van der Waals surface area contributed by atoms with Crippen molar-refractivity contribution in [2.24, 2.45) is 0 Å². The SMILES string of the molecule is O=c1[nH]c(-c2ccccc2-c2cccc([N+](=O)[O-])c2)nc2ccccc12. The molecule has 1 N–H and O–H groups in total. The summed E-state index contributed by atoms with van der Waals surface area (Å²) >= 11 is 0. The van der Waals surface area contributed by atoms with Crippen LogP contribution in [-0.4, -0.2) is 14.9 Å². The summed E-state index contributed by atoms with van der Waals surface area (Å²) in [6, 6.07) is 20.9. The Balaban J connectivity index is 1.94. The van der Waals surface area contributed by atoms with E-state index in [1.807, 2.05) is 30.3 Å². The van der Waals surface area contributed by atoms with Crippen molar-refractivity contribution in [2.45, 2.75) is 0 Å². The maximum atomic E-state index is 12.4. The summed E-state index contributed by atoms with van der Waals surface area (Å²) < 4.78 is 0. The predicted octanol–water partition coefficient (Wildman–Crippen LogP) is 4.17. The molecule has 0 saturated heterocycles. The highest BCUT2D eigenvalue weighted by Gasteiger charge is 2.13. The second-order valence-corrected chi connectivity index (χ2v) is 5.78. The lowest BCUT2D eigenvalue weighted by molar-refractivity contribution is -0.384. The Bertz CT molecular complexity index is 1200. The molecule has 0 unspecified atom stereocenters. The van der Waals surface area contributed by atoms with Crippen LogP contribution >= 0.6 is 0 Å². The third kappa shape index (κ3) is 2.73. The van der Waals surface area contributed by atoms with E-state index in [1.165, 1.54) is 12.1 Å². The van der Waals surface area contributed by atoms with Gasteiger partial charge < -0.3 is 4.98 Å². The number of non-ortho nitro benzene ring substituents is 1. The molecule has 0 radical (unpaired) electrons. The lowest BCUT2D eigenvalue weighted by Gasteiger charge is -2.10. The fourth-order valence-electron chi connectivity index (χ4n) is 2.94. The number of nitrogens with zero attached hydrogens (tertiary/aromatic N) is 2. The monoisotopic (exact) mass is 343 g/mol. The Morgan fingerprint density at radius 2 is 1.62 bits per heavy atom. The van der Waals surface area contributed by atoms with E-state index < -0.39 is 4.92 Å². The number of nitro benzene ring substituents is 1. The minimum absolute atomic E-state index is 0.0114. The first-order valence-electron chi connectivity index (χ1n) is 7.97. The Morgan fingerprint density at radius 3 is 2.42 bits per heavy atom. The number of H-pyrrole nitrogens is 1. The van der Waals surface area contributed by atoms with Gasteiger partial charge in [-0.25, -0.2) is 4.98 Å². The molecule has 126 valence electrons. The summed E-state index contributed by atoms with van der Waals surface area (Å²) in [7, 11) is 0. The highest BCUT2D eigenvalue weighted by Crippen LogP contribution is 2.31. The summed E-state index contributed by atoms with van der Waals surface area (Å²) in [5.74, 6) is 0.427. The second kappa shape index (κ2) is 6.25. The molecule has 0 saturated carbocycles. The Morgan fingerprint density at radius 1 is 0.885 bits per heavy atom. The van der Waals surface area contributed by atoms with Crippen LogP contribution in [0.15, 0.2) is 77.6 Å². The second-order valence-electron chi connectivity index (χ2n) is 5.78. The highest BCUT2D eigenvalue weighted by atomic mass is 16.6. The standard InChI is InChI=1S/C20H13N3O3/c24-20-17-10-3-4-11-18(17)21-19(22-20)16-9-2-1-8-15(16)13-6-5-7-14(12-13)23(25)26/h1-12H,(H,21,22,24). The van der Waals surface area contributed by atoms with Crippen LogP contribution in [0.3, 0.4) is 0 Å². The summed E-state index contributed by atoms with van der Waals surface area (Å²) in [5, 5.41) is 11.6. The molecular weight excluding hydrogens is 330 g/mol. The van der Waals surface area contributed by atoms with Gasteiger partial charge in [-0.15, -0.1) is 0 Å². The average molecular weight is 343 g/mol. The van der Waals surface area contributed by atoms with Gasteiger partial charge in [0.15, 0.2) is 0 Å². The van der Waals surface area contributed by atoms with Gasteiger partial charge in [0.1, 0.15) is 5.82 Å². The number of fused-ring (bicyclic) bond motifs is 1. The molecule has 0 atom stereocenters. The minimum atomic E-state index is -0.428.